The number of ether oxygens (including phenoxy) is 1. The van der Waals surface area contributed by atoms with Crippen molar-refractivity contribution < 1.29 is 22.7 Å². The fraction of sp³-hybridized carbons (Fsp3) is 0.333. The van der Waals surface area contributed by atoms with E-state index in [4.69, 9.17) is 4.74 Å². The van der Waals surface area contributed by atoms with Crippen LogP contribution in [0.4, 0.5) is 5.69 Å². The van der Waals surface area contributed by atoms with Gasteiger partial charge in [0.2, 0.25) is 11.8 Å². The average Bonchev–Trinajstić information content (AvgIpc) is 2.97. The molecule has 2 amide bonds. The molecule has 8 nitrogen and oxygen atoms in total. The van der Waals surface area contributed by atoms with Crippen LogP contribution in [0, 0.1) is 0 Å². The predicted molar refractivity (Wildman–Crippen MR) is 153 cm³/mol. The summed E-state index contributed by atoms with van der Waals surface area (Å²) in [6.45, 7) is 5.64. The van der Waals surface area contributed by atoms with Gasteiger partial charge in [0.25, 0.3) is 10.0 Å². The molecule has 1 N–H and O–H groups in total. The molecular formula is C30H37N3O5S. The average molecular weight is 552 g/mol. The number of methoxy groups -OCH3 is 1. The molecule has 0 heterocycles. The molecule has 0 saturated carbocycles. The first kappa shape index (κ1) is 29.7. The Morgan fingerprint density at radius 3 is 2.31 bits per heavy atom. The van der Waals surface area contributed by atoms with Crippen molar-refractivity contribution >= 4 is 27.5 Å². The Kier molecular flexibility index (Phi) is 10.5. The zero-order valence-corrected chi connectivity index (χ0v) is 23.8. The van der Waals surface area contributed by atoms with Gasteiger partial charge in [-0.05, 0) is 61.2 Å². The summed E-state index contributed by atoms with van der Waals surface area (Å²) in [5, 5.41) is 2.85. The molecule has 39 heavy (non-hydrogen) atoms. The Labute approximate surface area is 231 Å². The lowest BCUT2D eigenvalue weighted by Gasteiger charge is -2.32. The topological polar surface area (TPSA) is 96.0 Å². The number of aryl methyl sites for hydroxylation is 1. The van der Waals surface area contributed by atoms with Crippen LogP contribution in [0.1, 0.15) is 38.3 Å². The summed E-state index contributed by atoms with van der Waals surface area (Å²) < 4.78 is 34.3. The van der Waals surface area contributed by atoms with E-state index in [2.05, 4.69) is 5.32 Å². The van der Waals surface area contributed by atoms with Crippen LogP contribution < -0.4 is 14.4 Å². The summed E-state index contributed by atoms with van der Waals surface area (Å²) in [5.41, 5.74) is 1.98. The number of rotatable bonds is 13. The van der Waals surface area contributed by atoms with Gasteiger partial charge in [0.1, 0.15) is 18.3 Å². The fourth-order valence-corrected chi connectivity index (χ4v) is 5.71. The maximum atomic E-state index is 14.0. The molecule has 1 atom stereocenters. The van der Waals surface area contributed by atoms with Crippen molar-refractivity contribution in [1.29, 1.82) is 0 Å². The fourth-order valence-electron chi connectivity index (χ4n) is 4.23. The van der Waals surface area contributed by atoms with Crippen LogP contribution in [0.3, 0.4) is 0 Å². The largest absolute Gasteiger partial charge is 0.497 e. The standard InChI is InChI=1S/C30H37N3O5S/c1-5-19-31-30(35)23(3)32(21-24-13-12-15-26(20-24)38-4)29(34)22-33(28-18-11-10-14-25(28)6-2)39(36,37)27-16-8-7-9-17-27/h7-18,20,23H,5-6,19,21-22H2,1-4H3,(H,31,35). The lowest BCUT2D eigenvalue weighted by molar-refractivity contribution is -0.139. The third-order valence-electron chi connectivity index (χ3n) is 6.45. The van der Waals surface area contributed by atoms with E-state index in [1.807, 2.05) is 38.1 Å². The monoisotopic (exact) mass is 551 g/mol. The SMILES string of the molecule is CCCNC(=O)C(C)N(Cc1cccc(OC)c1)C(=O)CN(c1ccccc1CC)S(=O)(=O)c1ccccc1. The van der Waals surface area contributed by atoms with E-state index in [1.165, 1.54) is 17.0 Å². The minimum atomic E-state index is -4.09. The van der Waals surface area contributed by atoms with Crippen molar-refractivity contribution in [3.05, 3.63) is 90.0 Å². The number of benzene rings is 3. The number of sulfonamides is 1. The van der Waals surface area contributed by atoms with E-state index >= 15 is 0 Å². The second-order valence-corrected chi connectivity index (χ2v) is 11.0. The first-order valence-corrected chi connectivity index (χ1v) is 14.5. The van der Waals surface area contributed by atoms with Crippen LogP contribution >= 0.6 is 0 Å². The molecule has 0 aromatic heterocycles. The zero-order valence-electron chi connectivity index (χ0n) is 23.0. The van der Waals surface area contributed by atoms with Gasteiger partial charge in [0.15, 0.2) is 0 Å². The van der Waals surface area contributed by atoms with E-state index in [0.717, 1.165) is 21.9 Å². The van der Waals surface area contributed by atoms with Crippen molar-refractivity contribution in [1.82, 2.24) is 10.2 Å². The number of carbonyl (C=O) groups excluding carboxylic acids is 2. The third-order valence-corrected chi connectivity index (χ3v) is 8.23. The molecule has 1 unspecified atom stereocenters. The molecule has 0 fully saturated rings. The second-order valence-electron chi connectivity index (χ2n) is 9.15. The van der Waals surface area contributed by atoms with Gasteiger partial charge in [-0.15, -0.1) is 0 Å². The summed E-state index contributed by atoms with van der Waals surface area (Å²) in [7, 11) is -2.54. The van der Waals surface area contributed by atoms with Crippen LogP contribution in [0.5, 0.6) is 5.75 Å². The van der Waals surface area contributed by atoms with Gasteiger partial charge >= 0.3 is 0 Å². The van der Waals surface area contributed by atoms with Crippen LogP contribution in [0.15, 0.2) is 83.8 Å². The van der Waals surface area contributed by atoms with E-state index < -0.39 is 28.5 Å². The molecule has 0 spiro atoms. The van der Waals surface area contributed by atoms with E-state index in [-0.39, 0.29) is 17.3 Å². The number of para-hydroxylation sites is 1. The van der Waals surface area contributed by atoms with Gasteiger partial charge in [-0.25, -0.2) is 8.42 Å². The Bertz CT molecular complexity index is 1360. The molecule has 208 valence electrons. The maximum absolute atomic E-state index is 14.0. The number of hydrogen-bond acceptors (Lipinski definition) is 5. The van der Waals surface area contributed by atoms with Crippen molar-refractivity contribution in [2.45, 2.75) is 51.1 Å². The molecule has 0 aliphatic rings. The van der Waals surface area contributed by atoms with Gasteiger partial charge in [0.05, 0.1) is 17.7 Å². The predicted octanol–water partition coefficient (Wildman–Crippen LogP) is 4.40. The highest BCUT2D eigenvalue weighted by Gasteiger charge is 2.33. The Balaban J connectivity index is 2.05. The van der Waals surface area contributed by atoms with E-state index in [1.54, 1.807) is 56.5 Å². The normalized spacial score (nSPS) is 11.9. The molecule has 3 aromatic rings. The zero-order chi connectivity index (χ0) is 28.4. The highest BCUT2D eigenvalue weighted by molar-refractivity contribution is 7.92. The van der Waals surface area contributed by atoms with Crippen molar-refractivity contribution in [3.63, 3.8) is 0 Å². The molecule has 3 rings (SSSR count). The number of hydrogen-bond donors (Lipinski definition) is 1. The highest BCUT2D eigenvalue weighted by atomic mass is 32.2. The molecule has 9 heteroatoms. The Hall–Kier alpha value is -3.85. The number of amides is 2. The van der Waals surface area contributed by atoms with Crippen LogP contribution in [-0.4, -0.2) is 51.4 Å². The number of nitrogens with zero attached hydrogens (tertiary/aromatic N) is 2. The summed E-state index contributed by atoms with van der Waals surface area (Å²) in [6, 6.07) is 21.6. The van der Waals surface area contributed by atoms with Gasteiger partial charge in [-0.3, -0.25) is 13.9 Å². The van der Waals surface area contributed by atoms with E-state index in [0.29, 0.717) is 24.4 Å². The first-order valence-electron chi connectivity index (χ1n) is 13.1. The third kappa shape index (κ3) is 7.38. The highest BCUT2D eigenvalue weighted by Crippen LogP contribution is 2.28. The number of nitrogens with one attached hydrogen (secondary N) is 1. The van der Waals surface area contributed by atoms with Crippen molar-refractivity contribution in [3.8, 4) is 5.75 Å². The van der Waals surface area contributed by atoms with Gasteiger partial charge in [-0.2, -0.15) is 0 Å². The molecule has 3 aromatic carbocycles. The quantitative estimate of drug-likeness (QED) is 0.340. The second kappa shape index (κ2) is 13.8. The molecule has 0 aliphatic heterocycles. The lowest BCUT2D eigenvalue weighted by atomic mass is 10.1. The van der Waals surface area contributed by atoms with Crippen LogP contribution in [-0.2, 0) is 32.6 Å². The molecule has 0 aliphatic carbocycles. The van der Waals surface area contributed by atoms with Crippen LogP contribution in [0.25, 0.3) is 0 Å². The summed E-state index contributed by atoms with van der Waals surface area (Å²) in [4.78, 5) is 28.5. The smallest absolute Gasteiger partial charge is 0.264 e. The molecule has 0 radical (unpaired) electrons. The van der Waals surface area contributed by atoms with Gasteiger partial charge in [-0.1, -0.05) is 62.4 Å². The minimum absolute atomic E-state index is 0.0804. The Morgan fingerprint density at radius 2 is 1.64 bits per heavy atom. The summed E-state index contributed by atoms with van der Waals surface area (Å²) in [6.07, 6.45) is 1.33. The maximum Gasteiger partial charge on any atom is 0.264 e. The van der Waals surface area contributed by atoms with Crippen molar-refractivity contribution in [2.75, 3.05) is 24.5 Å². The number of anilines is 1. The summed E-state index contributed by atoms with van der Waals surface area (Å²) in [5.74, 6) is -0.185. The lowest BCUT2D eigenvalue weighted by Crippen LogP contribution is -2.51. The summed E-state index contributed by atoms with van der Waals surface area (Å²) >= 11 is 0. The molecule has 0 saturated heterocycles. The number of carbonyl (C=O) groups is 2. The molecule has 0 bridgehead atoms. The first-order chi connectivity index (χ1) is 18.7. The van der Waals surface area contributed by atoms with Crippen LogP contribution in [0.2, 0.25) is 0 Å². The van der Waals surface area contributed by atoms with E-state index in [9.17, 15) is 18.0 Å². The Morgan fingerprint density at radius 1 is 0.949 bits per heavy atom. The molecular weight excluding hydrogens is 514 g/mol. The van der Waals surface area contributed by atoms with Crippen molar-refractivity contribution in [2.24, 2.45) is 0 Å². The van der Waals surface area contributed by atoms with Gasteiger partial charge < -0.3 is 15.0 Å². The minimum Gasteiger partial charge on any atom is -0.497 e. The van der Waals surface area contributed by atoms with Gasteiger partial charge in [0, 0.05) is 13.1 Å².